The Morgan fingerprint density at radius 3 is 2.70 bits per heavy atom. The van der Waals surface area contributed by atoms with Gasteiger partial charge >= 0.3 is 0 Å². The number of aryl methyl sites for hydroxylation is 1. The summed E-state index contributed by atoms with van der Waals surface area (Å²) in [7, 11) is 0. The van der Waals surface area contributed by atoms with Gasteiger partial charge < -0.3 is 0 Å². The van der Waals surface area contributed by atoms with Crippen molar-refractivity contribution in [3.05, 3.63) is 10.3 Å². The lowest BCUT2D eigenvalue weighted by Crippen LogP contribution is -2.00. The maximum Gasteiger partial charge on any atom is 0.151 e. The molecule has 0 aromatic carbocycles. The average Bonchev–Trinajstić information content (AvgIpc) is 2.20. The summed E-state index contributed by atoms with van der Waals surface area (Å²) in [5.74, 6) is 0. The van der Waals surface area contributed by atoms with Crippen LogP contribution in [0.4, 0.5) is 0 Å². The lowest BCUT2D eigenvalue weighted by molar-refractivity contribution is 0.566. The van der Waals surface area contributed by atoms with E-state index >= 15 is 0 Å². The maximum absolute atomic E-state index is 3.92. The molecule has 3 nitrogen and oxygen atoms in total. The predicted molar refractivity (Wildman–Crippen MR) is 42.8 cm³/mol. The van der Waals surface area contributed by atoms with Crippen molar-refractivity contribution >= 4 is 15.9 Å². The van der Waals surface area contributed by atoms with Gasteiger partial charge in [-0.1, -0.05) is 12.1 Å². The maximum atomic E-state index is 3.92. The van der Waals surface area contributed by atoms with Gasteiger partial charge in [0.2, 0.25) is 0 Å². The normalized spacial score (nSPS) is 10.3. The fraction of sp³-hybridized carbons (Fsp3) is 0.667. The molecule has 0 saturated carbocycles. The summed E-state index contributed by atoms with van der Waals surface area (Å²) >= 11 is 3.29. The molecule has 1 rings (SSSR count). The third kappa shape index (κ3) is 1.37. The molecule has 1 aromatic heterocycles. The van der Waals surface area contributed by atoms with E-state index < -0.39 is 0 Å². The van der Waals surface area contributed by atoms with E-state index in [1.54, 1.807) is 0 Å². The molecule has 0 unspecified atom stereocenters. The van der Waals surface area contributed by atoms with Crippen molar-refractivity contribution in [2.75, 3.05) is 0 Å². The highest BCUT2D eigenvalue weighted by Gasteiger charge is 2.02. The highest BCUT2D eigenvalue weighted by molar-refractivity contribution is 9.10. The molecular weight excluding hydrogens is 194 g/mol. The molecule has 0 amide bonds. The van der Waals surface area contributed by atoms with E-state index in [0.29, 0.717) is 0 Å². The zero-order valence-electron chi connectivity index (χ0n) is 6.13. The molecule has 0 aliphatic heterocycles. The van der Waals surface area contributed by atoms with Crippen molar-refractivity contribution in [2.45, 2.75) is 26.8 Å². The Kier molecular flexibility index (Phi) is 2.43. The van der Waals surface area contributed by atoms with Crippen molar-refractivity contribution in [3.8, 4) is 0 Å². The Balaban J connectivity index is 2.83. The van der Waals surface area contributed by atoms with Crippen molar-refractivity contribution in [1.29, 1.82) is 0 Å². The number of hydrogen-bond donors (Lipinski definition) is 0. The number of nitrogens with zero attached hydrogens (tertiary/aromatic N) is 3. The van der Waals surface area contributed by atoms with Crippen LogP contribution < -0.4 is 0 Å². The topological polar surface area (TPSA) is 30.7 Å². The predicted octanol–water partition coefficient (Wildman–Crippen LogP) is 1.76. The van der Waals surface area contributed by atoms with Crippen molar-refractivity contribution < 1.29 is 0 Å². The lowest BCUT2D eigenvalue weighted by Gasteiger charge is -1.97. The Labute approximate surface area is 68.6 Å². The molecule has 0 atom stereocenters. The smallest absolute Gasteiger partial charge is 0.151 e. The second-order valence-corrected chi connectivity index (χ2v) is 2.94. The van der Waals surface area contributed by atoms with Crippen molar-refractivity contribution in [1.82, 2.24) is 15.0 Å². The SMILES string of the molecule is CCCn1nnc(Br)c1C. The summed E-state index contributed by atoms with van der Waals surface area (Å²) in [6, 6.07) is 0. The summed E-state index contributed by atoms with van der Waals surface area (Å²) < 4.78 is 2.74. The monoisotopic (exact) mass is 203 g/mol. The van der Waals surface area contributed by atoms with Crippen LogP contribution in [0.15, 0.2) is 4.60 Å². The molecule has 0 N–H and O–H groups in total. The third-order valence-electron chi connectivity index (χ3n) is 1.36. The van der Waals surface area contributed by atoms with Crippen LogP contribution >= 0.6 is 15.9 Å². The molecule has 0 radical (unpaired) electrons. The standard InChI is InChI=1S/C6H10BrN3/c1-3-4-10-5(2)6(7)8-9-10/h3-4H2,1-2H3. The summed E-state index contributed by atoms with van der Waals surface area (Å²) in [6.07, 6.45) is 1.09. The van der Waals surface area contributed by atoms with Crippen LogP contribution in [0, 0.1) is 6.92 Å². The first-order valence-electron chi connectivity index (χ1n) is 3.31. The number of rotatable bonds is 2. The largest absolute Gasteiger partial charge is 0.249 e. The molecule has 0 aliphatic rings. The van der Waals surface area contributed by atoms with Gasteiger partial charge in [0.1, 0.15) is 0 Å². The molecule has 10 heavy (non-hydrogen) atoms. The molecule has 56 valence electrons. The Bertz CT molecular complexity index is 219. The number of aromatic nitrogens is 3. The summed E-state index contributed by atoms with van der Waals surface area (Å²) in [5, 5.41) is 7.79. The van der Waals surface area contributed by atoms with Gasteiger partial charge in [0, 0.05) is 6.54 Å². The molecule has 0 fully saturated rings. The molecule has 0 aliphatic carbocycles. The van der Waals surface area contributed by atoms with E-state index in [9.17, 15) is 0 Å². The number of halogens is 1. The Morgan fingerprint density at radius 1 is 1.60 bits per heavy atom. The van der Waals surface area contributed by atoms with Crippen molar-refractivity contribution in [2.24, 2.45) is 0 Å². The molecular formula is C6H10BrN3. The quantitative estimate of drug-likeness (QED) is 0.734. The van der Waals surface area contributed by atoms with E-state index in [2.05, 4.69) is 33.2 Å². The minimum Gasteiger partial charge on any atom is -0.249 e. The molecule has 1 aromatic rings. The second-order valence-electron chi connectivity index (χ2n) is 2.19. The van der Waals surface area contributed by atoms with Gasteiger partial charge in [-0.05, 0) is 29.3 Å². The molecule has 0 saturated heterocycles. The van der Waals surface area contributed by atoms with Gasteiger partial charge in [-0.25, -0.2) is 4.68 Å². The van der Waals surface area contributed by atoms with Crippen LogP contribution in [0.5, 0.6) is 0 Å². The molecule has 0 bridgehead atoms. The second kappa shape index (κ2) is 3.14. The first-order chi connectivity index (χ1) is 4.75. The van der Waals surface area contributed by atoms with E-state index in [4.69, 9.17) is 0 Å². The molecule has 1 heterocycles. The van der Waals surface area contributed by atoms with Crippen LogP contribution in [-0.2, 0) is 6.54 Å². The van der Waals surface area contributed by atoms with E-state index in [-0.39, 0.29) is 0 Å². The fourth-order valence-corrected chi connectivity index (χ4v) is 1.04. The Morgan fingerprint density at radius 2 is 2.30 bits per heavy atom. The summed E-state index contributed by atoms with van der Waals surface area (Å²) in [6.45, 7) is 5.07. The molecule has 4 heteroatoms. The highest BCUT2D eigenvalue weighted by atomic mass is 79.9. The van der Waals surface area contributed by atoms with E-state index in [1.807, 2.05) is 11.6 Å². The van der Waals surface area contributed by atoms with Gasteiger partial charge in [-0.2, -0.15) is 0 Å². The van der Waals surface area contributed by atoms with Crippen LogP contribution in [0.2, 0.25) is 0 Å². The van der Waals surface area contributed by atoms with Crippen LogP contribution in [-0.4, -0.2) is 15.0 Å². The van der Waals surface area contributed by atoms with Crippen LogP contribution in [0.3, 0.4) is 0 Å². The van der Waals surface area contributed by atoms with Gasteiger partial charge in [0.15, 0.2) is 4.60 Å². The van der Waals surface area contributed by atoms with Crippen molar-refractivity contribution in [3.63, 3.8) is 0 Å². The fourth-order valence-electron chi connectivity index (χ4n) is 0.763. The molecule has 0 spiro atoms. The van der Waals surface area contributed by atoms with Gasteiger partial charge in [-0.3, -0.25) is 0 Å². The first kappa shape index (κ1) is 7.72. The minimum atomic E-state index is 0.848. The first-order valence-corrected chi connectivity index (χ1v) is 4.10. The van der Waals surface area contributed by atoms with Crippen LogP contribution in [0.25, 0.3) is 0 Å². The van der Waals surface area contributed by atoms with E-state index in [1.165, 1.54) is 0 Å². The van der Waals surface area contributed by atoms with Gasteiger partial charge in [-0.15, -0.1) is 5.10 Å². The van der Waals surface area contributed by atoms with Gasteiger partial charge in [0.05, 0.1) is 5.69 Å². The summed E-state index contributed by atoms with van der Waals surface area (Å²) in [4.78, 5) is 0. The summed E-state index contributed by atoms with van der Waals surface area (Å²) in [5.41, 5.74) is 1.10. The highest BCUT2D eigenvalue weighted by Crippen LogP contribution is 2.10. The Hall–Kier alpha value is -0.380. The zero-order valence-corrected chi connectivity index (χ0v) is 7.72. The average molecular weight is 204 g/mol. The zero-order chi connectivity index (χ0) is 7.56. The number of hydrogen-bond acceptors (Lipinski definition) is 2. The van der Waals surface area contributed by atoms with Crippen LogP contribution in [0.1, 0.15) is 19.0 Å². The van der Waals surface area contributed by atoms with Gasteiger partial charge in [0.25, 0.3) is 0 Å². The lowest BCUT2D eigenvalue weighted by atomic mass is 10.4. The third-order valence-corrected chi connectivity index (χ3v) is 2.09. The minimum absolute atomic E-state index is 0.848. The van der Waals surface area contributed by atoms with E-state index in [0.717, 1.165) is 23.3 Å².